The Morgan fingerprint density at radius 2 is 1.95 bits per heavy atom. The maximum absolute atomic E-state index is 6.38. The van der Waals surface area contributed by atoms with E-state index in [9.17, 15) is 0 Å². The van der Waals surface area contributed by atoms with Gasteiger partial charge in [0.25, 0.3) is 0 Å². The average Bonchev–Trinajstić information content (AvgIpc) is 2.49. The fraction of sp³-hybridized carbons (Fsp3) is 0.167. The Balaban J connectivity index is 1.95. The minimum atomic E-state index is -0.170. The van der Waals surface area contributed by atoms with Crippen molar-refractivity contribution in [3.8, 4) is 0 Å². The first kappa shape index (κ1) is 14.1. The molecule has 106 valence electrons. The second-order valence-electron chi connectivity index (χ2n) is 5.32. The highest BCUT2D eigenvalue weighted by Crippen LogP contribution is 2.26. The fourth-order valence-electron chi connectivity index (χ4n) is 2.59. The largest absolute Gasteiger partial charge is 0.322 e. The number of nitrogens with zero attached hydrogens (tertiary/aromatic N) is 1. The molecule has 1 aromatic heterocycles. The van der Waals surface area contributed by atoms with Crippen molar-refractivity contribution in [2.45, 2.75) is 19.4 Å². The number of fused-ring (bicyclic) bond motifs is 1. The number of aryl methyl sites for hydroxylation is 1. The summed E-state index contributed by atoms with van der Waals surface area (Å²) < 4.78 is 0. The van der Waals surface area contributed by atoms with Gasteiger partial charge in [-0.15, -0.1) is 0 Å². The third-order valence-electron chi connectivity index (χ3n) is 3.70. The van der Waals surface area contributed by atoms with Gasteiger partial charge in [0.1, 0.15) is 0 Å². The van der Waals surface area contributed by atoms with E-state index in [-0.39, 0.29) is 6.04 Å². The van der Waals surface area contributed by atoms with Crippen molar-refractivity contribution < 1.29 is 0 Å². The van der Waals surface area contributed by atoms with Gasteiger partial charge in [0.15, 0.2) is 0 Å². The number of nitrogens with two attached hydrogens (primary N) is 1. The van der Waals surface area contributed by atoms with Crippen LogP contribution in [0.5, 0.6) is 0 Å². The van der Waals surface area contributed by atoms with Crippen LogP contribution in [0, 0.1) is 6.92 Å². The highest BCUT2D eigenvalue weighted by molar-refractivity contribution is 6.31. The summed E-state index contributed by atoms with van der Waals surface area (Å²) in [6, 6.07) is 16.1. The van der Waals surface area contributed by atoms with Crippen LogP contribution in [0.4, 0.5) is 0 Å². The number of benzene rings is 2. The normalized spacial score (nSPS) is 12.5. The molecule has 0 fully saturated rings. The van der Waals surface area contributed by atoms with Crippen LogP contribution in [0.2, 0.25) is 5.02 Å². The molecule has 0 aliphatic heterocycles. The SMILES string of the molecule is Cc1ccc(CC(N)c2nccc3ccccc23)c(Cl)c1. The van der Waals surface area contributed by atoms with Gasteiger partial charge in [-0.2, -0.15) is 0 Å². The molecule has 0 amide bonds. The maximum Gasteiger partial charge on any atom is 0.0652 e. The van der Waals surface area contributed by atoms with E-state index >= 15 is 0 Å². The average molecular weight is 297 g/mol. The van der Waals surface area contributed by atoms with Gasteiger partial charge in [0, 0.05) is 16.6 Å². The van der Waals surface area contributed by atoms with Crippen molar-refractivity contribution in [2.24, 2.45) is 5.73 Å². The number of rotatable bonds is 3. The summed E-state index contributed by atoms with van der Waals surface area (Å²) in [4.78, 5) is 4.48. The summed E-state index contributed by atoms with van der Waals surface area (Å²) in [7, 11) is 0. The van der Waals surface area contributed by atoms with Gasteiger partial charge < -0.3 is 5.73 Å². The van der Waals surface area contributed by atoms with E-state index < -0.39 is 0 Å². The molecule has 2 nitrogen and oxygen atoms in total. The van der Waals surface area contributed by atoms with Crippen molar-refractivity contribution in [1.82, 2.24) is 4.98 Å². The van der Waals surface area contributed by atoms with E-state index in [1.54, 1.807) is 0 Å². The smallest absolute Gasteiger partial charge is 0.0652 e. The summed E-state index contributed by atoms with van der Waals surface area (Å²) in [5.74, 6) is 0. The zero-order valence-corrected chi connectivity index (χ0v) is 12.6. The molecule has 3 heteroatoms. The van der Waals surface area contributed by atoms with Crippen LogP contribution in [0.1, 0.15) is 22.9 Å². The van der Waals surface area contributed by atoms with E-state index in [2.05, 4.69) is 23.2 Å². The van der Waals surface area contributed by atoms with Crippen LogP contribution in [-0.2, 0) is 6.42 Å². The Hall–Kier alpha value is -1.90. The van der Waals surface area contributed by atoms with Gasteiger partial charge in [0.2, 0.25) is 0 Å². The topological polar surface area (TPSA) is 38.9 Å². The lowest BCUT2D eigenvalue weighted by atomic mass is 9.99. The van der Waals surface area contributed by atoms with Crippen LogP contribution < -0.4 is 5.73 Å². The van der Waals surface area contributed by atoms with Crippen LogP contribution >= 0.6 is 11.6 Å². The van der Waals surface area contributed by atoms with Crippen molar-refractivity contribution in [3.05, 3.63) is 76.6 Å². The Bertz CT molecular complexity index is 778. The molecule has 0 radical (unpaired) electrons. The van der Waals surface area contributed by atoms with Crippen LogP contribution in [0.25, 0.3) is 10.8 Å². The van der Waals surface area contributed by atoms with E-state index in [1.165, 1.54) is 0 Å². The predicted octanol–water partition coefficient (Wildman–Crippen LogP) is 4.44. The Morgan fingerprint density at radius 3 is 2.76 bits per heavy atom. The maximum atomic E-state index is 6.38. The van der Waals surface area contributed by atoms with Crippen molar-refractivity contribution in [3.63, 3.8) is 0 Å². The molecular formula is C18H17ClN2. The van der Waals surface area contributed by atoms with Crippen LogP contribution in [-0.4, -0.2) is 4.98 Å². The number of aromatic nitrogens is 1. The van der Waals surface area contributed by atoms with Crippen molar-refractivity contribution in [1.29, 1.82) is 0 Å². The number of halogens is 1. The summed E-state index contributed by atoms with van der Waals surface area (Å²) in [5.41, 5.74) is 9.51. The molecule has 21 heavy (non-hydrogen) atoms. The molecule has 2 N–H and O–H groups in total. The van der Waals surface area contributed by atoms with Crippen LogP contribution in [0.15, 0.2) is 54.7 Å². The van der Waals surface area contributed by atoms with Gasteiger partial charge in [-0.1, -0.05) is 48.0 Å². The summed E-state index contributed by atoms with van der Waals surface area (Å²) >= 11 is 6.30. The van der Waals surface area contributed by atoms with Crippen LogP contribution in [0.3, 0.4) is 0 Å². The first-order chi connectivity index (χ1) is 10.1. The van der Waals surface area contributed by atoms with Gasteiger partial charge in [0.05, 0.1) is 11.7 Å². The molecule has 2 aromatic carbocycles. The molecule has 1 heterocycles. The predicted molar refractivity (Wildman–Crippen MR) is 88.6 cm³/mol. The monoisotopic (exact) mass is 296 g/mol. The second kappa shape index (κ2) is 5.84. The summed E-state index contributed by atoms with van der Waals surface area (Å²) in [6.45, 7) is 2.03. The zero-order chi connectivity index (χ0) is 14.8. The number of hydrogen-bond donors (Lipinski definition) is 1. The molecule has 3 aromatic rings. The van der Waals surface area contributed by atoms with E-state index in [1.807, 2.05) is 43.5 Å². The molecule has 0 aliphatic carbocycles. The minimum Gasteiger partial charge on any atom is -0.322 e. The zero-order valence-electron chi connectivity index (χ0n) is 11.9. The molecular weight excluding hydrogens is 280 g/mol. The number of pyridine rings is 1. The molecule has 1 unspecified atom stereocenters. The second-order valence-corrected chi connectivity index (χ2v) is 5.73. The van der Waals surface area contributed by atoms with E-state index in [0.717, 1.165) is 32.6 Å². The van der Waals surface area contributed by atoms with E-state index in [4.69, 9.17) is 17.3 Å². The molecule has 0 saturated carbocycles. The quantitative estimate of drug-likeness (QED) is 0.776. The lowest BCUT2D eigenvalue weighted by Crippen LogP contribution is -2.15. The van der Waals surface area contributed by atoms with Crippen molar-refractivity contribution in [2.75, 3.05) is 0 Å². The number of hydrogen-bond acceptors (Lipinski definition) is 2. The van der Waals surface area contributed by atoms with Gasteiger partial charge >= 0.3 is 0 Å². The lowest BCUT2D eigenvalue weighted by molar-refractivity contribution is 0.704. The highest BCUT2D eigenvalue weighted by Gasteiger charge is 2.13. The first-order valence-electron chi connectivity index (χ1n) is 6.99. The minimum absolute atomic E-state index is 0.170. The molecule has 0 aliphatic rings. The fourth-order valence-corrected chi connectivity index (χ4v) is 2.90. The Labute approximate surface area is 129 Å². The molecule has 0 spiro atoms. The first-order valence-corrected chi connectivity index (χ1v) is 7.37. The third-order valence-corrected chi connectivity index (χ3v) is 4.06. The summed E-state index contributed by atoms with van der Waals surface area (Å²) in [6.07, 6.45) is 2.49. The lowest BCUT2D eigenvalue weighted by Gasteiger charge is -2.15. The Kier molecular flexibility index (Phi) is 3.91. The molecule has 3 rings (SSSR count). The summed E-state index contributed by atoms with van der Waals surface area (Å²) in [5, 5.41) is 3.04. The molecule has 1 atom stereocenters. The molecule has 0 bridgehead atoms. The van der Waals surface area contributed by atoms with Crippen molar-refractivity contribution >= 4 is 22.4 Å². The molecule has 0 saturated heterocycles. The van der Waals surface area contributed by atoms with Gasteiger partial charge in [-0.25, -0.2) is 0 Å². The van der Waals surface area contributed by atoms with E-state index in [0.29, 0.717) is 6.42 Å². The highest BCUT2D eigenvalue weighted by atomic mass is 35.5. The van der Waals surface area contributed by atoms with Gasteiger partial charge in [-0.05, 0) is 42.0 Å². The standard InChI is InChI=1S/C18H17ClN2/c1-12-6-7-14(16(19)10-12)11-17(20)18-15-5-3-2-4-13(15)8-9-21-18/h2-10,17H,11,20H2,1H3. The van der Waals surface area contributed by atoms with Gasteiger partial charge in [-0.3, -0.25) is 4.98 Å². The third kappa shape index (κ3) is 2.92. The Morgan fingerprint density at radius 1 is 1.14 bits per heavy atom.